The van der Waals surface area contributed by atoms with Crippen LogP contribution in [0.4, 0.5) is 5.69 Å². The van der Waals surface area contributed by atoms with Crippen LogP contribution in [0, 0.1) is 11.8 Å². The molecule has 1 aliphatic carbocycles. The summed E-state index contributed by atoms with van der Waals surface area (Å²) in [7, 11) is 0. The van der Waals surface area contributed by atoms with Crippen molar-refractivity contribution in [3.8, 4) is 0 Å². The van der Waals surface area contributed by atoms with E-state index < -0.39 is 0 Å². The number of likely N-dealkylation sites (N-methyl/N-ethyl adjacent to an activating group) is 1. The van der Waals surface area contributed by atoms with Crippen LogP contribution in [0.25, 0.3) is 0 Å². The van der Waals surface area contributed by atoms with Crippen molar-refractivity contribution in [2.45, 2.75) is 59.5 Å². The van der Waals surface area contributed by atoms with Crippen molar-refractivity contribution in [2.75, 3.05) is 25.0 Å². The number of aromatic nitrogens is 2. The Hall–Kier alpha value is -1.03. The molecule has 1 fully saturated rings. The summed E-state index contributed by atoms with van der Waals surface area (Å²) >= 11 is 0. The second kappa shape index (κ2) is 7.83. The van der Waals surface area contributed by atoms with E-state index in [0.29, 0.717) is 6.04 Å². The van der Waals surface area contributed by atoms with E-state index in [1.165, 1.54) is 24.9 Å². The Morgan fingerprint density at radius 2 is 2.05 bits per heavy atom. The summed E-state index contributed by atoms with van der Waals surface area (Å²) < 4.78 is 2.07. The van der Waals surface area contributed by atoms with Gasteiger partial charge in [-0.1, -0.05) is 40.5 Å². The molecule has 1 saturated carbocycles. The van der Waals surface area contributed by atoms with E-state index >= 15 is 0 Å². The van der Waals surface area contributed by atoms with Gasteiger partial charge in [0.2, 0.25) is 0 Å². The van der Waals surface area contributed by atoms with E-state index in [1.54, 1.807) is 0 Å². The molecule has 3 atom stereocenters. The summed E-state index contributed by atoms with van der Waals surface area (Å²) in [6, 6.07) is 0.606. The number of nitrogens with zero attached hydrogens (tertiary/aromatic N) is 3. The van der Waals surface area contributed by atoms with Gasteiger partial charge < -0.3 is 10.2 Å². The molecule has 4 heteroatoms. The first-order chi connectivity index (χ1) is 10.1. The smallest absolute Gasteiger partial charge is 0.0728 e. The Labute approximate surface area is 129 Å². The van der Waals surface area contributed by atoms with Crippen molar-refractivity contribution in [3.05, 3.63) is 12.4 Å². The van der Waals surface area contributed by atoms with E-state index in [2.05, 4.69) is 53.9 Å². The van der Waals surface area contributed by atoms with Crippen LogP contribution in [0.1, 0.15) is 47.0 Å². The highest BCUT2D eigenvalue weighted by Gasteiger charge is 2.26. The summed E-state index contributed by atoms with van der Waals surface area (Å²) in [6.07, 6.45) is 8.15. The first-order valence-corrected chi connectivity index (χ1v) is 8.65. The van der Waals surface area contributed by atoms with E-state index in [-0.39, 0.29) is 0 Å². The standard InChI is InChI=1S/C17H32N4/c1-5-20(6-2)10-11-21-13-16(12-18-21)19-17-9-7-8-14(3)15(17)4/h12-15,17,19H,5-11H2,1-4H3. The van der Waals surface area contributed by atoms with Crippen LogP contribution in [0.15, 0.2) is 12.4 Å². The fraction of sp³-hybridized carbons (Fsp3) is 0.824. The Morgan fingerprint density at radius 3 is 2.76 bits per heavy atom. The minimum absolute atomic E-state index is 0.606. The molecular weight excluding hydrogens is 260 g/mol. The number of hydrogen-bond acceptors (Lipinski definition) is 3. The van der Waals surface area contributed by atoms with E-state index in [4.69, 9.17) is 0 Å². The average Bonchev–Trinajstić information content (AvgIpc) is 2.93. The minimum atomic E-state index is 0.606. The van der Waals surface area contributed by atoms with Gasteiger partial charge in [0.15, 0.2) is 0 Å². The lowest BCUT2D eigenvalue weighted by Crippen LogP contribution is -2.34. The van der Waals surface area contributed by atoms with Crippen LogP contribution in [0.3, 0.4) is 0 Å². The van der Waals surface area contributed by atoms with Crippen molar-refractivity contribution in [2.24, 2.45) is 11.8 Å². The zero-order valence-corrected chi connectivity index (χ0v) is 14.2. The third kappa shape index (κ3) is 4.47. The molecule has 0 spiro atoms. The van der Waals surface area contributed by atoms with Crippen LogP contribution in [0.5, 0.6) is 0 Å². The maximum atomic E-state index is 4.49. The van der Waals surface area contributed by atoms with Gasteiger partial charge in [0.1, 0.15) is 0 Å². The van der Waals surface area contributed by atoms with Gasteiger partial charge in [0, 0.05) is 18.8 Å². The minimum Gasteiger partial charge on any atom is -0.379 e. The first-order valence-electron chi connectivity index (χ1n) is 8.65. The van der Waals surface area contributed by atoms with Crippen LogP contribution in [0.2, 0.25) is 0 Å². The number of hydrogen-bond donors (Lipinski definition) is 1. The third-order valence-corrected chi connectivity index (χ3v) is 5.23. The molecule has 120 valence electrons. The molecule has 1 aliphatic rings. The molecule has 0 aliphatic heterocycles. The van der Waals surface area contributed by atoms with Gasteiger partial charge in [-0.2, -0.15) is 5.10 Å². The molecule has 0 bridgehead atoms. The van der Waals surface area contributed by atoms with Crippen LogP contribution >= 0.6 is 0 Å². The van der Waals surface area contributed by atoms with Crippen LogP contribution in [-0.4, -0.2) is 40.4 Å². The monoisotopic (exact) mass is 292 g/mol. The molecule has 1 aromatic heterocycles. The highest BCUT2D eigenvalue weighted by atomic mass is 15.3. The molecule has 21 heavy (non-hydrogen) atoms. The van der Waals surface area contributed by atoms with Gasteiger partial charge in [0.25, 0.3) is 0 Å². The fourth-order valence-electron chi connectivity index (χ4n) is 3.34. The second-order valence-corrected chi connectivity index (χ2v) is 6.54. The predicted molar refractivity (Wildman–Crippen MR) is 89.6 cm³/mol. The Morgan fingerprint density at radius 1 is 1.29 bits per heavy atom. The fourth-order valence-corrected chi connectivity index (χ4v) is 3.34. The highest BCUT2D eigenvalue weighted by molar-refractivity contribution is 5.39. The molecule has 4 nitrogen and oxygen atoms in total. The van der Waals surface area contributed by atoms with Gasteiger partial charge in [-0.25, -0.2) is 0 Å². The number of anilines is 1. The van der Waals surface area contributed by atoms with Crippen molar-refractivity contribution < 1.29 is 0 Å². The average molecular weight is 292 g/mol. The second-order valence-electron chi connectivity index (χ2n) is 6.54. The van der Waals surface area contributed by atoms with Gasteiger partial charge in [-0.15, -0.1) is 0 Å². The number of rotatable bonds is 7. The molecule has 0 saturated heterocycles. The highest BCUT2D eigenvalue weighted by Crippen LogP contribution is 2.31. The van der Waals surface area contributed by atoms with Gasteiger partial charge >= 0.3 is 0 Å². The third-order valence-electron chi connectivity index (χ3n) is 5.23. The molecule has 1 heterocycles. The summed E-state index contributed by atoms with van der Waals surface area (Å²) in [4.78, 5) is 2.43. The molecule has 0 aromatic carbocycles. The lowest BCUT2D eigenvalue weighted by Gasteiger charge is -2.34. The Balaban J connectivity index is 1.85. The Bertz CT molecular complexity index is 411. The molecular formula is C17H32N4. The summed E-state index contributed by atoms with van der Waals surface area (Å²) in [6.45, 7) is 13.5. The van der Waals surface area contributed by atoms with E-state index in [9.17, 15) is 0 Å². The zero-order chi connectivity index (χ0) is 15.2. The van der Waals surface area contributed by atoms with Gasteiger partial charge in [0.05, 0.1) is 18.4 Å². The van der Waals surface area contributed by atoms with E-state index in [0.717, 1.165) is 38.0 Å². The summed E-state index contributed by atoms with van der Waals surface area (Å²) in [5.74, 6) is 1.58. The lowest BCUT2D eigenvalue weighted by atomic mass is 9.78. The molecule has 3 unspecified atom stereocenters. The predicted octanol–water partition coefficient (Wildman–Crippen LogP) is 3.46. The maximum Gasteiger partial charge on any atom is 0.0728 e. The normalized spacial score (nSPS) is 26.2. The van der Waals surface area contributed by atoms with E-state index in [1.807, 2.05) is 6.20 Å². The number of nitrogens with one attached hydrogen (secondary N) is 1. The molecule has 1 N–H and O–H groups in total. The maximum absolute atomic E-state index is 4.49. The zero-order valence-electron chi connectivity index (χ0n) is 14.2. The molecule has 2 rings (SSSR count). The topological polar surface area (TPSA) is 33.1 Å². The molecule has 1 aromatic rings. The van der Waals surface area contributed by atoms with Crippen molar-refractivity contribution in [1.29, 1.82) is 0 Å². The molecule has 0 amide bonds. The SMILES string of the molecule is CCN(CC)CCn1cc(NC2CCCC(C)C2C)cn1. The van der Waals surface area contributed by atoms with Crippen molar-refractivity contribution in [1.82, 2.24) is 14.7 Å². The lowest BCUT2D eigenvalue weighted by molar-refractivity contribution is 0.253. The summed E-state index contributed by atoms with van der Waals surface area (Å²) in [5, 5.41) is 8.19. The Kier molecular flexibility index (Phi) is 6.09. The quantitative estimate of drug-likeness (QED) is 0.835. The van der Waals surface area contributed by atoms with Crippen LogP contribution < -0.4 is 5.32 Å². The largest absolute Gasteiger partial charge is 0.379 e. The van der Waals surface area contributed by atoms with Crippen molar-refractivity contribution in [3.63, 3.8) is 0 Å². The van der Waals surface area contributed by atoms with Crippen LogP contribution in [-0.2, 0) is 6.54 Å². The first kappa shape index (κ1) is 16.3. The molecule has 0 radical (unpaired) electrons. The summed E-state index contributed by atoms with van der Waals surface area (Å²) in [5.41, 5.74) is 1.18. The van der Waals surface area contributed by atoms with Crippen molar-refractivity contribution >= 4 is 5.69 Å². The van der Waals surface area contributed by atoms with Gasteiger partial charge in [-0.05, 0) is 31.3 Å². The van der Waals surface area contributed by atoms with Gasteiger partial charge in [-0.3, -0.25) is 4.68 Å².